The number of aromatic nitrogens is 4. The molecule has 17 heavy (non-hydrogen) atoms. The lowest BCUT2D eigenvalue weighted by molar-refractivity contribution is 0.905. The molecule has 0 aliphatic rings. The van der Waals surface area contributed by atoms with Gasteiger partial charge < -0.3 is 5.32 Å². The first-order valence-electron chi connectivity index (χ1n) is 4.56. The first-order valence-corrected chi connectivity index (χ1v) is 6.55. The van der Waals surface area contributed by atoms with E-state index in [0.29, 0.717) is 11.1 Å². The molecule has 2 rings (SSSR count). The monoisotopic (exact) mass is 331 g/mol. The van der Waals surface area contributed by atoms with Crippen molar-refractivity contribution in [3.8, 4) is 0 Å². The molecule has 0 aliphatic carbocycles. The van der Waals surface area contributed by atoms with E-state index in [-0.39, 0.29) is 5.28 Å². The topological polar surface area (TPSA) is 63.6 Å². The average molecular weight is 333 g/mol. The predicted molar refractivity (Wildman–Crippen MR) is 70.4 cm³/mol. The maximum Gasteiger partial charge on any atom is 0.228 e. The van der Waals surface area contributed by atoms with Crippen LogP contribution < -0.4 is 5.32 Å². The highest BCUT2D eigenvalue weighted by molar-refractivity contribution is 9.10. The summed E-state index contributed by atoms with van der Waals surface area (Å²) in [6.45, 7) is 0. The van der Waals surface area contributed by atoms with Crippen molar-refractivity contribution in [3.05, 3.63) is 28.1 Å². The number of nitrogens with one attached hydrogen (secondary N) is 1. The zero-order valence-electron chi connectivity index (χ0n) is 8.69. The van der Waals surface area contributed by atoms with Gasteiger partial charge in [0.25, 0.3) is 0 Å². The Morgan fingerprint density at radius 2 is 2.12 bits per heavy atom. The fourth-order valence-corrected chi connectivity index (χ4v) is 2.14. The molecule has 2 heterocycles. The van der Waals surface area contributed by atoms with Gasteiger partial charge in [-0.05, 0) is 51.4 Å². The summed E-state index contributed by atoms with van der Waals surface area (Å²) in [6.07, 6.45) is 1.71. The molecule has 0 unspecified atom stereocenters. The van der Waals surface area contributed by atoms with Crippen molar-refractivity contribution in [1.29, 1.82) is 0 Å². The van der Waals surface area contributed by atoms with Crippen molar-refractivity contribution in [1.82, 2.24) is 19.9 Å². The van der Waals surface area contributed by atoms with Gasteiger partial charge in [-0.25, -0.2) is 4.98 Å². The number of rotatable bonds is 3. The van der Waals surface area contributed by atoms with E-state index in [1.54, 1.807) is 13.2 Å². The lowest BCUT2D eigenvalue weighted by Crippen LogP contribution is -2.00. The van der Waals surface area contributed by atoms with Crippen LogP contribution in [0, 0.1) is 0 Å². The van der Waals surface area contributed by atoms with Crippen LogP contribution in [-0.4, -0.2) is 27.0 Å². The van der Waals surface area contributed by atoms with Gasteiger partial charge in [-0.2, -0.15) is 15.0 Å². The molecule has 0 radical (unpaired) electrons. The highest BCUT2D eigenvalue weighted by atomic mass is 79.9. The minimum atomic E-state index is 0.156. The number of anilines is 1. The SMILES string of the molecule is CNc1nc(Cl)nc(Sc2ccc(Br)cn2)n1. The summed E-state index contributed by atoms with van der Waals surface area (Å²) in [5, 5.41) is 4.26. The second-order valence-electron chi connectivity index (χ2n) is 2.88. The molecule has 5 nitrogen and oxygen atoms in total. The first kappa shape index (κ1) is 12.5. The van der Waals surface area contributed by atoms with Crippen molar-refractivity contribution in [2.24, 2.45) is 0 Å². The predicted octanol–water partition coefficient (Wildman–Crippen LogP) is 2.88. The number of nitrogens with zero attached hydrogens (tertiary/aromatic N) is 4. The van der Waals surface area contributed by atoms with Gasteiger partial charge in [0.2, 0.25) is 11.2 Å². The summed E-state index contributed by atoms with van der Waals surface area (Å²) in [4.78, 5) is 16.3. The number of hydrogen-bond donors (Lipinski definition) is 1. The van der Waals surface area contributed by atoms with Crippen LogP contribution in [0.15, 0.2) is 33.0 Å². The third-order valence-corrected chi connectivity index (χ3v) is 3.16. The Morgan fingerprint density at radius 1 is 1.29 bits per heavy atom. The van der Waals surface area contributed by atoms with E-state index in [1.165, 1.54) is 11.8 Å². The molecule has 0 aromatic carbocycles. The summed E-state index contributed by atoms with van der Waals surface area (Å²) >= 11 is 10.4. The summed E-state index contributed by atoms with van der Waals surface area (Å²) in [5.74, 6) is 0.435. The van der Waals surface area contributed by atoms with Gasteiger partial charge >= 0.3 is 0 Å². The second-order valence-corrected chi connectivity index (χ2v) is 5.12. The van der Waals surface area contributed by atoms with Crippen LogP contribution >= 0.6 is 39.3 Å². The third kappa shape index (κ3) is 3.52. The largest absolute Gasteiger partial charge is 0.357 e. The Kier molecular flexibility index (Phi) is 4.14. The van der Waals surface area contributed by atoms with Crippen LogP contribution in [-0.2, 0) is 0 Å². The van der Waals surface area contributed by atoms with E-state index in [9.17, 15) is 0 Å². The van der Waals surface area contributed by atoms with Crippen LogP contribution in [0.1, 0.15) is 0 Å². The molecule has 0 aliphatic heterocycles. The lowest BCUT2D eigenvalue weighted by atomic mass is 10.5. The Morgan fingerprint density at radius 3 is 2.76 bits per heavy atom. The van der Waals surface area contributed by atoms with Gasteiger partial charge in [-0.1, -0.05) is 0 Å². The third-order valence-electron chi connectivity index (χ3n) is 1.71. The summed E-state index contributed by atoms with van der Waals surface area (Å²) in [7, 11) is 1.72. The van der Waals surface area contributed by atoms with Gasteiger partial charge in [0.05, 0.1) is 0 Å². The van der Waals surface area contributed by atoms with E-state index in [1.807, 2.05) is 12.1 Å². The number of pyridine rings is 1. The summed E-state index contributed by atoms with van der Waals surface area (Å²) in [5.41, 5.74) is 0. The van der Waals surface area contributed by atoms with Crippen molar-refractivity contribution >= 4 is 45.2 Å². The van der Waals surface area contributed by atoms with Crippen LogP contribution in [0.2, 0.25) is 5.28 Å². The van der Waals surface area contributed by atoms with E-state index < -0.39 is 0 Å². The van der Waals surface area contributed by atoms with Crippen molar-refractivity contribution in [2.45, 2.75) is 10.2 Å². The molecule has 1 N–H and O–H groups in total. The molecular formula is C9H7BrClN5S. The van der Waals surface area contributed by atoms with Crippen LogP contribution in [0.3, 0.4) is 0 Å². The summed E-state index contributed by atoms with van der Waals surface area (Å²) in [6, 6.07) is 3.77. The van der Waals surface area contributed by atoms with Gasteiger partial charge in [0.1, 0.15) is 5.03 Å². The highest BCUT2D eigenvalue weighted by Gasteiger charge is 2.06. The van der Waals surface area contributed by atoms with Crippen LogP contribution in [0.4, 0.5) is 5.95 Å². The molecule has 2 aromatic rings. The molecule has 88 valence electrons. The van der Waals surface area contributed by atoms with E-state index >= 15 is 0 Å². The Bertz CT molecular complexity index is 521. The van der Waals surface area contributed by atoms with Crippen molar-refractivity contribution in [3.63, 3.8) is 0 Å². The molecule has 0 fully saturated rings. The second kappa shape index (κ2) is 5.61. The van der Waals surface area contributed by atoms with Gasteiger partial charge in [-0.15, -0.1) is 0 Å². The van der Waals surface area contributed by atoms with Gasteiger partial charge in [-0.3, -0.25) is 0 Å². The van der Waals surface area contributed by atoms with Crippen LogP contribution in [0.5, 0.6) is 0 Å². The smallest absolute Gasteiger partial charge is 0.228 e. The van der Waals surface area contributed by atoms with E-state index in [4.69, 9.17) is 11.6 Å². The fraction of sp³-hybridized carbons (Fsp3) is 0.111. The quantitative estimate of drug-likeness (QED) is 0.932. The highest BCUT2D eigenvalue weighted by Crippen LogP contribution is 2.24. The minimum Gasteiger partial charge on any atom is -0.357 e. The number of hydrogen-bond acceptors (Lipinski definition) is 6. The zero-order valence-corrected chi connectivity index (χ0v) is 11.8. The zero-order chi connectivity index (χ0) is 12.3. The van der Waals surface area contributed by atoms with Crippen LogP contribution in [0.25, 0.3) is 0 Å². The molecule has 2 aromatic heterocycles. The molecule has 0 spiro atoms. The molecule has 0 atom stereocenters. The van der Waals surface area contributed by atoms with Crippen molar-refractivity contribution in [2.75, 3.05) is 12.4 Å². The molecule has 0 saturated heterocycles. The summed E-state index contributed by atoms with van der Waals surface area (Å²) < 4.78 is 0.923. The van der Waals surface area contributed by atoms with Gasteiger partial charge in [0, 0.05) is 17.7 Å². The minimum absolute atomic E-state index is 0.156. The molecule has 0 saturated carbocycles. The first-order chi connectivity index (χ1) is 8.17. The Balaban J connectivity index is 2.23. The molecule has 8 heteroatoms. The molecule has 0 bridgehead atoms. The molecule has 0 amide bonds. The van der Waals surface area contributed by atoms with Crippen molar-refractivity contribution < 1.29 is 0 Å². The molecular weight excluding hydrogens is 326 g/mol. The normalized spacial score (nSPS) is 10.3. The maximum atomic E-state index is 5.78. The Hall–Kier alpha value is -0.920. The van der Waals surface area contributed by atoms with Gasteiger partial charge in [0.15, 0.2) is 5.16 Å². The Labute approximate surface area is 116 Å². The fourth-order valence-electron chi connectivity index (χ4n) is 1.01. The van der Waals surface area contributed by atoms with E-state index in [0.717, 1.165) is 9.50 Å². The average Bonchev–Trinajstić information content (AvgIpc) is 2.31. The lowest BCUT2D eigenvalue weighted by Gasteiger charge is -2.02. The van der Waals surface area contributed by atoms with E-state index in [2.05, 4.69) is 41.2 Å². The maximum absolute atomic E-state index is 5.78. The standard InChI is InChI=1S/C9H7BrClN5S/c1-12-8-14-7(11)15-9(16-8)17-6-3-2-5(10)4-13-6/h2-4H,1H3,(H,12,14,15,16). The number of halogens is 2.